The van der Waals surface area contributed by atoms with E-state index >= 15 is 4.39 Å². The van der Waals surface area contributed by atoms with Crippen molar-refractivity contribution < 1.29 is 31.9 Å². The smallest absolute Gasteiger partial charge is 0.419 e. The van der Waals surface area contributed by atoms with Gasteiger partial charge >= 0.3 is 12.1 Å². The van der Waals surface area contributed by atoms with Gasteiger partial charge in [0.05, 0.1) is 24.6 Å². The van der Waals surface area contributed by atoms with Crippen LogP contribution in [0.25, 0.3) is 11.1 Å². The SMILES string of the molecule is C=CNC(CC(C)C)C(=O)N[C@@H](CC(=O)OCC)c1cc(-c2c(C)ccc(C)c2C)cc(C(F)(F)F)c1F. The molecule has 2 rings (SSSR count). The number of carbonyl (C=O) groups excluding carboxylic acids is 2. The van der Waals surface area contributed by atoms with Gasteiger partial charge in [0.25, 0.3) is 0 Å². The molecule has 0 bridgehead atoms. The maximum atomic E-state index is 15.6. The number of esters is 1. The molecule has 2 aromatic rings. The summed E-state index contributed by atoms with van der Waals surface area (Å²) < 4.78 is 62.7. The lowest BCUT2D eigenvalue weighted by Crippen LogP contribution is -2.45. The molecule has 5 nitrogen and oxygen atoms in total. The number of amides is 1. The molecule has 0 saturated carbocycles. The van der Waals surface area contributed by atoms with E-state index in [2.05, 4.69) is 17.2 Å². The molecule has 2 atom stereocenters. The number of benzene rings is 2. The zero-order valence-electron chi connectivity index (χ0n) is 22.7. The van der Waals surface area contributed by atoms with Crippen LogP contribution in [0.1, 0.15) is 67.5 Å². The van der Waals surface area contributed by atoms with Crippen molar-refractivity contribution in [1.82, 2.24) is 10.6 Å². The van der Waals surface area contributed by atoms with Gasteiger partial charge in [-0.3, -0.25) is 9.59 Å². The number of halogens is 4. The first-order valence-corrected chi connectivity index (χ1v) is 12.5. The van der Waals surface area contributed by atoms with Crippen LogP contribution in [0, 0.1) is 32.5 Å². The minimum atomic E-state index is -5.01. The molecular formula is C29H36F4N2O3. The van der Waals surface area contributed by atoms with Crippen molar-refractivity contribution in [2.24, 2.45) is 5.92 Å². The molecule has 1 amide bonds. The van der Waals surface area contributed by atoms with Crippen LogP contribution in [-0.2, 0) is 20.5 Å². The molecule has 1 unspecified atom stereocenters. The first-order chi connectivity index (χ1) is 17.7. The highest BCUT2D eigenvalue weighted by Crippen LogP contribution is 2.40. The Morgan fingerprint density at radius 1 is 1.11 bits per heavy atom. The average Bonchev–Trinajstić information content (AvgIpc) is 2.81. The van der Waals surface area contributed by atoms with E-state index < -0.39 is 53.5 Å². The molecule has 0 spiro atoms. The lowest BCUT2D eigenvalue weighted by Gasteiger charge is -2.26. The molecular weight excluding hydrogens is 500 g/mol. The van der Waals surface area contributed by atoms with Crippen molar-refractivity contribution in [2.75, 3.05) is 6.61 Å². The van der Waals surface area contributed by atoms with Gasteiger partial charge in [0.15, 0.2) is 0 Å². The summed E-state index contributed by atoms with van der Waals surface area (Å²) in [5.74, 6) is -2.84. The van der Waals surface area contributed by atoms with Crippen LogP contribution in [0.5, 0.6) is 0 Å². The molecule has 0 radical (unpaired) electrons. The minimum absolute atomic E-state index is 0.0193. The summed E-state index contributed by atoms with van der Waals surface area (Å²) in [5.41, 5.74) is 1.05. The number of aryl methyl sites for hydroxylation is 2. The minimum Gasteiger partial charge on any atom is -0.466 e. The van der Waals surface area contributed by atoms with Crippen LogP contribution in [0.4, 0.5) is 17.6 Å². The van der Waals surface area contributed by atoms with Gasteiger partial charge in [0.2, 0.25) is 5.91 Å². The Morgan fingerprint density at radius 2 is 1.74 bits per heavy atom. The van der Waals surface area contributed by atoms with E-state index in [-0.39, 0.29) is 18.1 Å². The zero-order valence-corrected chi connectivity index (χ0v) is 22.7. The molecule has 0 aromatic heterocycles. The number of hydrogen-bond acceptors (Lipinski definition) is 4. The van der Waals surface area contributed by atoms with Gasteiger partial charge in [-0.2, -0.15) is 13.2 Å². The summed E-state index contributed by atoms with van der Waals surface area (Å²) in [4.78, 5) is 25.6. The lowest BCUT2D eigenvalue weighted by molar-refractivity contribution is -0.143. The summed E-state index contributed by atoms with van der Waals surface area (Å²) in [5, 5.41) is 5.41. The predicted octanol–water partition coefficient (Wildman–Crippen LogP) is 6.70. The lowest BCUT2D eigenvalue weighted by atomic mass is 9.88. The number of nitrogens with one attached hydrogen (secondary N) is 2. The van der Waals surface area contributed by atoms with Gasteiger partial charge in [-0.1, -0.05) is 32.6 Å². The Hall–Kier alpha value is -3.36. The van der Waals surface area contributed by atoms with Gasteiger partial charge in [0, 0.05) is 5.56 Å². The molecule has 0 fully saturated rings. The molecule has 0 aliphatic carbocycles. The Labute approximate surface area is 221 Å². The Morgan fingerprint density at radius 3 is 2.29 bits per heavy atom. The molecule has 9 heteroatoms. The topological polar surface area (TPSA) is 67.4 Å². The molecule has 0 aliphatic heterocycles. The van der Waals surface area contributed by atoms with Crippen LogP contribution < -0.4 is 10.6 Å². The molecule has 0 saturated heterocycles. The van der Waals surface area contributed by atoms with E-state index in [4.69, 9.17) is 4.74 Å². The van der Waals surface area contributed by atoms with E-state index in [9.17, 15) is 22.8 Å². The second-order valence-corrected chi connectivity index (χ2v) is 9.75. The second-order valence-electron chi connectivity index (χ2n) is 9.75. The maximum Gasteiger partial charge on any atom is 0.419 e. The molecule has 208 valence electrons. The third kappa shape index (κ3) is 7.58. The number of hydrogen-bond donors (Lipinski definition) is 2. The zero-order chi connectivity index (χ0) is 28.8. The number of ether oxygens (including phenoxy) is 1. The van der Waals surface area contributed by atoms with E-state index in [1.54, 1.807) is 26.8 Å². The quantitative estimate of drug-likeness (QED) is 0.248. The van der Waals surface area contributed by atoms with E-state index in [0.29, 0.717) is 17.5 Å². The van der Waals surface area contributed by atoms with Gasteiger partial charge in [-0.05, 0) is 86.2 Å². The highest BCUT2D eigenvalue weighted by atomic mass is 19.4. The summed E-state index contributed by atoms with van der Waals surface area (Å²) in [7, 11) is 0. The molecule has 2 aromatic carbocycles. The van der Waals surface area contributed by atoms with Crippen LogP contribution >= 0.6 is 0 Å². The van der Waals surface area contributed by atoms with Gasteiger partial charge in [0.1, 0.15) is 11.9 Å². The third-order valence-electron chi connectivity index (χ3n) is 6.35. The summed E-state index contributed by atoms with van der Waals surface area (Å²) in [6.07, 6.45) is -3.85. The Bertz CT molecular complexity index is 1180. The van der Waals surface area contributed by atoms with E-state index in [1.807, 2.05) is 26.8 Å². The summed E-state index contributed by atoms with van der Waals surface area (Å²) >= 11 is 0. The van der Waals surface area contributed by atoms with Gasteiger partial charge in [-0.25, -0.2) is 4.39 Å². The van der Waals surface area contributed by atoms with Gasteiger partial charge < -0.3 is 15.4 Å². The second kappa shape index (κ2) is 12.9. The normalized spacial score (nSPS) is 13.1. The van der Waals surface area contributed by atoms with Crippen LogP contribution in [0.15, 0.2) is 37.0 Å². The summed E-state index contributed by atoms with van der Waals surface area (Å²) in [6, 6.07) is 3.50. The predicted molar refractivity (Wildman–Crippen MR) is 140 cm³/mol. The van der Waals surface area contributed by atoms with Crippen molar-refractivity contribution in [1.29, 1.82) is 0 Å². The van der Waals surface area contributed by atoms with Crippen molar-refractivity contribution in [3.05, 3.63) is 70.7 Å². The fourth-order valence-corrected chi connectivity index (χ4v) is 4.41. The first-order valence-electron chi connectivity index (χ1n) is 12.5. The van der Waals surface area contributed by atoms with Crippen molar-refractivity contribution in [2.45, 2.75) is 72.6 Å². The van der Waals surface area contributed by atoms with Crippen LogP contribution in [0.2, 0.25) is 0 Å². The molecule has 2 N–H and O–H groups in total. The average molecular weight is 537 g/mol. The van der Waals surface area contributed by atoms with E-state index in [1.165, 1.54) is 12.3 Å². The van der Waals surface area contributed by atoms with Crippen molar-refractivity contribution >= 4 is 11.9 Å². The number of alkyl halides is 3. The van der Waals surface area contributed by atoms with Crippen molar-refractivity contribution in [3.63, 3.8) is 0 Å². The highest BCUT2D eigenvalue weighted by Gasteiger charge is 2.38. The van der Waals surface area contributed by atoms with Gasteiger partial charge in [-0.15, -0.1) is 0 Å². The van der Waals surface area contributed by atoms with Crippen LogP contribution in [-0.4, -0.2) is 24.5 Å². The molecule has 0 heterocycles. The highest BCUT2D eigenvalue weighted by molar-refractivity contribution is 5.83. The third-order valence-corrected chi connectivity index (χ3v) is 6.35. The molecule has 0 aliphatic rings. The molecule has 38 heavy (non-hydrogen) atoms. The van der Waals surface area contributed by atoms with Crippen molar-refractivity contribution in [3.8, 4) is 11.1 Å². The first kappa shape index (κ1) is 30.9. The monoisotopic (exact) mass is 536 g/mol. The van der Waals surface area contributed by atoms with Crippen LogP contribution in [0.3, 0.4) is 0 Å². The summed E-state index contributed by atoms with van der Waals surface area (Å²) in [6.45, 7) is 14.3. The maximum absolute atomic E-state index is 15.6. The number of rotatable bonds is 11. The fraction of sp³-hybridized carbons (Fsp3) is 0.448. The Balaban J connectivity index is 2.76. The fourth-order valence-electron chi connectivity index (χ4n) is 4.41. The Kier molecular flexibility index (Phi) is 10.5. The largest absolute Gasteiger partial charge is 0.466 e. The van der Waals surface area contributed by atoms with E-state index in [0.717, 1.165) is 17.2 Å². The number of carbonyl (C=O) groups is 2. The standard InChI is InChI=1S/C29H36F4N2O3/c1-8-34-24(12-16(3)4)28(37)35-23(15-25(36)38-9-2)21-13-20(14-22(27(21)30)29(31,32)33)26-18(6)11-10-17(5)19(26)7/h8,10-11,13-14,16,23-24,34H,1,9,12,15H2,2-7H3,(H,35,37)/t23-,24?/m0/s1.